The van der Waals surface area contributed by atoms with E-state index in [4.69, 9.17) is 0 Å². The topological polar surface area (TPSA) is 40.5 Å². The Morgan fingerprint density at radius 1 is 1.38 bits per heavy atom. The van der Waals surface area contributed by atoms with Crippen LogP contribution in [0.4, 0.5) is 0 Å². The van der Waals surface area contributed by atoms with Gasteiger partial charge in [0.25, 0.3) is 0 Å². The molecule has 0 saturated heterocycles. The second kappa shape index (κ2) is 5.67. The van der Waals surface area contributed by atoms with Crippen LogP contribution in [0.5, 0.6) is 0 Å². The molecule has 3 nitrogen and oxygen atoms in total. The Bertz CT molecular complexity index is 232. The van der Waals surface area contributed by atoms with E-state index in [1.807, 2.05) is 18.9 Å². The van der Waals surface area contributed by atoms with Crippen LogP contribution in [0.3, 0.4) is 0 Å². The third-order valence-electron chi connectivity index (χ3n) is 4.23. The van der Waals surface area contributed by atoms with E-state index in [1.54, 1.807) is 0 Å². The van der Waals surface area contributed by atoms with Gasteiger partial charge in [0, 0.05) is 0 Å². The lowest BCUT2D eigenvalue weighted by atomic mass is 9.74. The molecule has 1 N–H and O–H groups in total. The number of carbonyl (C=O) groups is 1. The van der Waals surface area contributed by atoms with Gasteiger partial charge in [0.05, 0.1) is 0 Å². The van der Waals surface area contributed by atoms with E-state index in [-0.39, 0.29) is 0 Å². The van der Waals surface area contributed by atoms with E-state index in [2.05, 4.69) is 6.92 Å². The highest BCUT2D eigenvalue weighted by Gasteiger charge is 2.44. The summed E-state index contributed by atoms with van der Waals surface area (Å²) in [5.41, 5.74) is -0.584. The smallest absolute Gasteiger partial charge is 0.324 e. The molecule has 0 atom stereocenters. The molecule has 1 aliphatic rings. The fourth-order valence-corrected chi connectivity index (χ4v) is 2.91. The van der Waals surface area contributed by atoms with E-state index >= 15 is 0 Å². The fourth-order valence-electron chi connectivity index (χ4n) is 2.91. The van der Waals surface area contributed by atoms with Gasteiger partial charge in [-0.3, -0.25) is 9.69 Å². The molecule has 0 aromatic carbocycles. The molecule has 0 radical (unpaired) electrons. The molecule has 0 unspecified atom stereocenters. The molecule has 16 heavy (non-hydrogen) atoms. The van der Waals surface area contributed by atoms with Crippen LogP contribution in [0.25, 0.3) is 0 Å². The summed E-state index contributed by atoms with van der Waals surface area (Å²) in [5, 5.41) is 9.46. The van der Waals surface area contributed by atoms with Crippen LogP contribution < -0.4 is 0 Å². The second-order valence-corrected chi connectivity index (χ2v) is 5.08. The Labute approximate surface area is 98.8 Å². The molecule has 0 heterocycles. The lowest BCUT2D eigenvalue weighted by molar-refractivity contribution is -0.153. The molecule has 94 valence electrons. The van der Waals surface area contributed by atoms with Crippen LogP contribution in [0.1, 0.15) is 52.4 Å². The Balaban J connectivity index is 2.66. The third-order valence-corrected chi connectivity index (χ3v) is 4.23. The Hall–Kier alpha value is -0.570. The van der Waals surface area contributed by atoms with Gasteiger partial charge in [-0.1, -0.05) is 26.7 Å². The minimum absolute atomic E-state index is 0.584. The van der Waals surface area contributed by atoms with Crippen molar-refractivity contribution in [3.8, 4) is 0 Å². The first-order chi connectivity index (χ1) is 7.56. The molecular weight excluding hydrogens is 202 g/mol. The minimum atomic E-state index is -0.633. The van der Waals surface area contributed by atoms with Gasteiger partial charge in [0.15, 0.2) is 0 Å². The van der Waals surface area contributed by atoms with Crippen LogP contribution >= 0.6 is 0 Å². The summed E-state index contributed by atoms with van der Waals surface area (Å²) in [4.78, 5) is 13.5. The number of nitrogens with zero attached hydrogens (tertiary/aromatic N) is 1. The summed E-state index contributed by atoms with van der Waals surface area (Å²) < 4.78 is 0. The molecule has 0 spiro atoms. The number of aliphatic carboxylic acids is 1. The van der Waals surface area contributed by atoms with Gasteiger partial charge in [-0.05, 0) is 45.2 Å². The minimum Gasteiger partial charge on any atom is -0.480 e. The van der Waals surface area contributed by atoms with Crippen molar-refractivity contribution < 1.29 is 9.90 Å². The predicted octanol–water partition coefficient (Wildman–Crippen LogP) is 2.75. The van der Waals surface area contributed by atoms with E-state index in [1.165, 1.54) is 12.8 Å². The van der Waals surface area contributed by atoms with Crippen molar-refractivity contribution in [1.29, 1.82) is 0 Å². The summed E-state index contributed by atoms with van der Waals surface area (Å²) >= 11 is 0. The van der Waals surface area contributed by atoms with Crippen molar-refractivity contribution in [1.82, 2.24) is 4.90 Å². The maximum atomic E-state index is 11.5. The molecule has 3 heteroatoms. The van der Waals surface area contributed by atoms with Crippen LogP contribution in [0.15, 0.2) is 0 Å². The van der Waals surface area contributed by atoms with Gasteiger partial charge in [-0.2, -0.15) is 0 Å². The van der Waals surface area contributed by atoms with Crippen molar-refractivity contribution in [2.75, 3.05) is 13.6 Å². The average Bonchev–Trinajstić information content (AvgIpc) is 2.29. The molecule has 0 aromatic heterocycles. The zero-order chi connectivity index (χ0) is 12.2. The zero-order valence-corrected chi connectivity index (χ0v) is 10.8. The average molecular weight is 227 g/mol. The quantitative estimate of drug-likeness (QED) is 0.785. The highest BCUT2D eigenvalue weighted by atomic mass is 16.4. The van der Waals surface area contributed by atoms with Crippen LogP contribution in [0, 0.1) is 5.92 Å². The second-order valence-electron chi connectivity index (χ2n) is 5.08. The van der Waals surface area contributed by atoms with E-state index in [0.717, 1.165) is 38.1 Å². The van der Waals surface area contributed by atoms with Crippen molar-refractivity contribution in [2.24, 2.45) is 5.92 Å². The SMILES string of the molecule is CCCC1CCC(C(=O)O)(N(C)CC)CC1. The van der Waals surface area contributed by atoms with Crippen molar-refractivity contribution in [3.63, 3.8) is 0 Å². The molecule has 1 rings (SSSR count). The summed E-state index contributed by atoms with van der Waals surface area (Å²) in [5.74, 6) is 0.120. The largest absolute Gasteiger partial charge is 0.480 e. The van der Waals surface area contributed by atoms with E-state index in [9.17, 15) is 9.90 Å². The van der Waals surface area contributed by atoms with Gasteiger partial charge >= 0.3 is 5.97 Å². The Morgan fingerprint density at radius 2 is 1.94 bits per heavy atom. The molecule has 0 bridgehead atoms. The van der Waals surface area contributed by atoms with Crippen LogP contribution in [-0.4, -0.2) is 35.1 Å². The number of likely N-dealkylation sites (N-methyl/N-ethyl adjacent to an activating group) is 1. The highest BCUT2D eigenvalue weighted by Crippen LogP contribution is 2.37. The summed E-state index contributed by atoms with van der Waals surface area (Å²) in [7, 11) is 1.94. The number of carboxylic acids is 1. The van der Waals surface area contributed by atoms with Crippen LogP contribution in [-0.2, 0) is 4.79 Å². The predicted molar refractivity (Wildman–Crippen MR) is 65.5 cm³/mol. The van der Waals surface area contributed by atoms with Crippen LogP contribution in [0.2, 0.25) is 0 Å². The molecule has 0 aromatic rings. The molecule has 1 fully saturated rings. The van der Waals surface area contributed by atoms with E-state index < -0.39 is 11.5 Å². The zero-order valence-electron chi connectivity index (χ0n) is 10.8. The van der Waals surface area contributed by atoms with Crippen molar-refractivity contribution in [2.45, 2.75) is 57.9 Å². The molecule has 0 aliphatic heterocycles. The lowest BCUT2D eigenvalue weighted by Crippen LogP contribution is -2.54. The normalized spacial score (nSPS) is 30.6. The Morgan fingerprint density at radius 3 is 2.31 bits per heavy atom. The number of rotatable bonds is 5. The molecule has 1 saturated carbocycles. The number of hydrogen-bond donors (Lipinski definition) is 1. The summed E-state index contributed by atoms with van der Waals surface area (Å²) in [6, 6.07) is 0. The first kappa shape index (κ1) is 13.5. The monoisotopic (exact) mass is 227 g/mol. The van der Waals surface area contributed by atoms with Gasteiger partial charge in [0.2, 0.25) is 0 Å². The molecule has 1 aliphatic carbocycles. The maximum Gasteiger partial charge on any atom is 0.324 e. The van der Waals surface area contributed by atoms with E-state index in [0.29, 0.717) is 0 Å². The maximum absolute atomic E-state index is 11.5. The first-order valence-electron chi connectivity index (χ1n) is 6.51. The first-order valence-corrected chi connectivity index (χ1v) is 6.51. The highest BCUT2D eigenvalue weighted by molar-refractivity contribution is 5.78. The lowest BCUT2D eigenvalue weighted by Gasteiger charge is -2.42. The fraction of sp³-hybridized carbons (Fsp3) is 0.923. The summed E-state index contributed by atoms with van der Waals surface area (Å²) in [6.45, 7) is 5.05. The standard InChI is InChI=1S/C13H25NO2/c1-4-6-11-7-9-13(10-8-11,12(15)16)14(3)5-2/h11H,4-10H2,1-3H3,(H,15,16). The number of hydrogen-bond acceptors (Lipinski definition) is 2. The molecular formula is C13H25NO2. The van der Waals surface area contributed by atoms with Gasteiger partial charge < -0.3 is 5.11 Å². The number of carboxylic acid groups (broad SMARTS) is 1. The summed E-state index contributed by atoms with van der Waals surface area (Å²) in [6.07, 6.45) is 6.25. The van der Waals surface area contributed by atoms with Gasteiger partial charge in [-0.25, -0.2) is 0 Å². The van der Waals surface area contributed by atoms with Crippen molar-refractivity contribution >= 4 is 5.97 Å². The molecule has 0 amide bonds. The third kappa shape index (κ3) is 2.57. The van der Waals surface area contributed by atoms with Gasteiger partial charge in [-0.15, -0.1) is 0 Å². The Kier molecular flexibility index (Phi) is 4.78. The van der Waals surface area contributed by atoms with Crippen molar-refractivity contribution in [3.05, 3.63) is 0 Å². The van der Waals surface area contributed by atoms with Gasteiger partial charge in [0.1, 0.15) is 5.54 Å².